The van der Waals surface area contributed by atoms with Gasteiger partial charge in [0.25, 0.3) is 5.91 Å². The van der Waals surface area contributed by atoms with Crippen molar-refractivity contribution in [1.82, 2.24) is 4.98 Å². The molecular weight excluding hydrogens is 326 g/mol. The summed E-state index contributed by atoms with van der Waals surface area (Å²) >= 11 is 11.3. The lowest BCUT2D eigenvalue weighted by molar-refractivity contribution is 0.102. The van der Waals surface area contributed by atoms with Crippen molar-refractivity contribution in [3.05, 3.63) is 70.2 Å². The van der Waals surface area contributed by atoms with Crippen LogP contribution >= 0.6 is 23.2 Å². The number of hydrogen-bond donors (Lipinski definition) is 1. The number of amides is 1. The van der Waals surface area contributed by atoms with Crippen LogP contribution in [0, 0.1) is 5.82 Å². The number of carbonyl (C=O) groups excluding carboxylic acids is 1. The maximum absolute atomic E-state index is 13.4. The van der Waals surface area contributed by atoms with Crippen LogP contribution in [0.15, 0.2) is 48.5 Å². The Labute approximate surface area is 135 Å². The topological polar surface area (TPSA) is 42.0 Å². The number of hydrogen-bond acceptors (Lipinski definition) is 2. The molecule has 22 heavy (non-hydrogen) atoms. The molecule has 0 bridgehead atoms. The first-order valence-electron chi connectivity index (χ1n) is 6.36. The van der Waals surface area contributed by atoms with E-state index in [-0.39, 0.29) is 15.9 Å². The summed E-state index contributed by atoms with van der Waals surface area (Å²) in [6.45, 7) is 0. The van der Waals surface area contributed by atoms with Gasteiger partial charge in [-0.05, 0) is 29.0 Å². The summed E-state index contributed by atoms with van der Waals surface area (Å²) in [7, 11) is 0. The van der Waals surface area contributed by atoms with Gasteiger partial charge in [-0.25, -0.2) is 9.37 Å². The highest BCUT2D eigenvalue weighted by molar-refractivity contribution is 6.35. The van der Waals surface area contributed by atoms with E-state index in [2.05, 4.69) is 10.3 Å². The number of nitrogens with zero attached hydrogens (tertiary/aromatic N) is 1. The number of carbonyl (C=O) groups is 1. The SMILES string of the molecule is O=C(Nc1ccc2ccccc2c1)c1cc(F)c(Cl)nc1Cl. The molecule has 0 spiro atoms. The average molecular weight is 335 g/mol. The molecule has 1 amide bonds. The normalized spacial score (nSPS) is 10.7. The Kier molecular flexibility index (Phi) is 3.96. The van der Waals surface area contributed by atoms with Crippen molar-refractivity contribution in [2.24, 2.45) is 0 Å². The minimum Gasteiger partial charge on any atom is -0.322 e. The quantitative estimate of drug-likeness (QED) is 0.675. The summed E-state index contributed by atoms with van der Waals surface area (Å²) in [5.74, 6) is -1.35. The van der Waals surface area contributed by atoms with Crippen LogP contribution in [0.5, 0.6) is 0 Å². The maximum Gasteiger partial charge on any atom is 0.258 e. The predicted molar refractivity (Wildman–Crippen MR) is 86.1 cm³/mol. The molecule has 3 aromatic rings. The molecule has 0 radical (unpaired) electrons. The molecular formula is C16H9Cl2FN2O. The van der Waals surface area contributed by atoms with Crippen molar-refractivity contribution < 1.29 is 9.18 Å². The number of nitrogens with one attached hydrogen (secondary N) is 1. The van der Waals surface area contributed by atoms with Crippen molar-refractivity contribution in [3.63, 3.8) is 0 Å². The second kappa shape index (κ2) is 5.91. The van der Waals surface area contributed by atoms with Gasteiger partial charge in [-0.15, -0.1) is 0 Å². The van der Waals surface area contributed by atoms with Crippen LogP contribution in [0.25, 0.3) is 10.8 Å². The van der Waals surface area contributed by atoms with Gasteiger partial charge >= 0.3 is 0 Å². The van der Waals surface area contributed by atoms with Crippen LogP contribution in [-0.4, -0.2) is 10.9 Å². The molecule has 6 heteroatoms. The Hall–Kier alpha value is -2.17. The molecule has 0 aliphatic carbocycles. The van der Waals surface area contributed by atoms with Crippen LogP contribution < -0.4 is 5.32 Å². The zero-order valence-corrected chi connectivity index (χ0v) is 12.6. The van der Waals surface area contributed by atoms with E-state index in [0.717, 1.165) is 16.8 Å². The van der Waals surface area contributed by atoms with Gasteiger partial charge in [0, 0.05) is 5.69 Å². The van der Waals surface area contributed by atoms with Crippen LogP contribution in [0.3, 0.4) is 0 Å². The van der Waals surface area contributed by atoms with Gasteiger partial charge in [0.15, 0.2) is 11.0 Å². The fourth-order valence-corrected chi connectivity index (χ4v) is 2.48. The fraction of sp³-hybridized carbons (Fsp3) is 0. The maximum atomic E-state index is 13.4. The van der Waals surface area contributed by atoms with E-state index in [9.17, 15) is 9.18 Å². The van der Waals surface area contributed by atoms with E-state index < -0.39 is 11.7 Å². The highest BCUT2D eigenvalue weighted by Gasteiger charge is 2.16. The zero-order chi connectivity index (χ0) is 15.7. The molecule has 1 N–H and O–H groups in total. The van der Waals surface area contributed by atoms with E-state index in [1.54, 1.807) is 6.07 Å². The van der Waals surface area contributed by atoms with E-state index in [4.69, 9.17) is 23.2 Å². The summed E-state index contributed by atoms with van der Waals surface area (Å²) in [4.78, 5) is 15.8. The third kappa shape index (κ3) is 2.89. The summed E-state index contributed by atoms with van der Waals surface area (Å²) in [5, 5.41) is 4.18. The third-order valence-corrected chi connectivity index (χ3v) is 3.69. The highest BCUT2D eigenvalue weighted by atomic mass is 35.5. The summed E-state index contributed by atoms with van der Waals surface area (Å²) in [6.07, 6.45) is 0. The Morgan fingerprint density at radius 2 is 1.73 bits per heavy atom. The van der Waals surface area contributed by atoms with Gasteiger partial charge < -0.3 is 5.32 Å². The lowest BCUT2D eigenvalue weighted by Gasteiger charge is -2.08. The van der Waals surface area contributed by atoms with Crippen molar-refractivity contribution in [2.45, 2.75) is 0 Å². The second-order valence-electron chi connectivity index (χ2n) is 4.62. The lowest BCUT2D eigenvalue weighted by atomic mass is 10.1. The summed E-state index contributed by atoms with van der Waals surface area (Å²) in [5.41, 5.74) is 0.506. The standard InChI is InChI=1S/C16H9Cl2FN2O/c17-14-12(8-13(19)15(18)21-14)16(22)20-11-6-5-9-3-1-2-4-10(9)7-11/h1-8H,(H,20,22). The van der Waals surface area contributed by atoms with E-state index in [1.807, 2.05) is 36.4 Å². The lowest BCUT2D eigenvalue weighted by Crippen LogP contribution is -2.13. The molecule has 110 valence electrons. The average Bonchev–Trinajstić information content (AvgIpc) is 2.50. The second-order valence-corrected chi connectivity index (χ2v) is 5.33. The van der Waals surface area contributed by atoms with E-state index in [0.29, 0.717) is 5.69 Å². The van der Waals surface area contributed by atoms with Crippen LogP contribution in [-0.2, 0) is 0 Å². The van der Waals surface area contributed by atoms with E-state index in [1.165, 1.54) is 0 Å². The number of benzene rings is 2. The zero-order valence-electron chi connectivity index (χ0n) is 11.1. The molecule has 0 atom stereocenters. The minimum absolute atomic E-state index is 0.0725. The predicted octanol–water partition coefficient (Wildman–Crippen LogP) is 4.93. The molecule has 0 aliphatic rings. The summed E-state index contributed by atoms with van der Waals surface area (Å²) in [6, 6.07) is 14.2. The summed E-state index contributed by atoms with van der Waals surface area (Å²) < 4.78 is 13.4. The number of pyridine rings is 1. The largest absolute Gasteiger partial charge is 0.322 e. The fourth-order valence-electron chi connectivity index (χ4n) is 2.07. The molecule has 0 aliphatic heterocycles. The first kappa shape index (κ1) is 14.8. The van der Waals surface area contributed by atoms with Gasteiger partial charge in [0.05, 0.1) is 5.56 Å². The molecule has 0 unspecified atom stereocenters. The molecule has 0 saturated heterocycles. The van der Waals surface area contributed by atoms with Gasteiger partial charge in [0.2, 0.25) is 0 Å². The van der Waals surface area contributed by atoms with Gasteiger partial charge in [-0.2, -0.15) is 0 Å². The van der Waals surface area contributed by atoms with Crippen molar-refractivity contribution >= 4 is 45.6 Å². The first-order valence-corrected chi connectivity index (χ1v) is 7.12. The van der Waals surface area contributed by atoms with Crippen LogP contribution in [0.2, 0.25) is 10.3 Å². The number of halogens is 3. The molecule has 1 aromatic heterocycles. The Morgan fingerprint density at radius 3 is 2.50 bits per heavy atom. The molecule has 0 fully saturated rings. The molecule has 2 aromatic carbocycles. The van der Waals surface area contributed by atoms with Crippen LogP contribution in [0.4, 0.5) is 10.1 Å². The van der Waals surface area contributed by atoms with Gasteiger partial charge in [-0.3, -0.25) is 4.79 Å². The third-order valence-electron chi connectivity index (χ3n) is 3.14. The minimum atomic E-state index is -0.797. The van der Waals surface area contributed by atoms with Crippen molar-refractivity contribution in [2.75, 3.05) is 5.32 Å². The number of aromatic nitrogens is 1. The number of anilines is 1. The van der Waals surface area contributed by atoms with Crippen molar-refractivity contribution in [1.29, 1.82) is 0 Å². The Balaban J connectivity index is 1.91. The van der Waals surface area contributed by atoms with Crippen LogP contribution in [0.1, 0.15) is 10.4 Å². The molecule has 3 rings (SSSR count). The van der Waals surface area contributed by atoms with Gasteiger partial charge in [-0.1, -0.05) is 53.5 Å². The molecule has 1 heterocycles. The first-order chi connectivity index (χ1) is 10.5. The van der Waals surface area contributed by atoms with Crippen molar-refractivity contribution in [3.8, 4) is 0 Å². The van der Waals surface area contributed by atoms with E-state index >= 15 is 0 Å². The monoisotopic (exact) mass is 334 g/mol. The molecule has 0 saturated carbocycles. The Bertz CT molecular complexity index is 883. The number of fused-ring (bicyclic) bond motifs is 1. The van der Waals surface area contributed by atoms with Gasteiger partial charge in [0.1, 0.15) is 5.15 Å². The number of rotatable bonds is 2. The smallest absolute Gasteiger partial charge is 0.258 e. The molecule has 3 nitrogen and oxygen atoms in total. The highest BCUT2D eigenvalue weighted by Crippen LogP contribution is 2.23. The Morgan fingerprint density at radius 1 is 1.00 bits per heavy atom.